The molecule has 0 unspecified atom stereocenters. The van der Waals surface area contributed by atoms with E-state index in [1.165, 1.54) is 19.3 Å². The summed E-state index contributed by atoms with van der Waals surface area (Å²) in [6, 6.07) is 3.66. The molecule has 0 aromatic carbocycles. The van der Waals surface area contributed by atoms with Crippen molar-refractivity contribution in [2.24, 2.45) is 0 Å². The van der Waals surface area contributed by atoms with Gasteiger partial charge in [0, 0.05) is 32.4 Å². The van der Waals surface area contributed by atoms with E-state index in [9.17, 15) is 4.79 Å². The molecule has 1 aliphatic rings. The van der Waals surface area contributed by atoms with E-state index >= 15 is 0 Å². The second-order valence-electron chi connectivity index (χ2n) is 4.90. The summed E-state index contributed by atoms with van der Waals surface area (Å²) in [6.07, 6.45) is 5.51. The highest BCUT2D eigenvalue weighted by Crippen LogP contribution is 2.18. The summed E-state index contributed by atoms with van der Waals surface area (Å²) in [5, 5.41) is 13.9. The van der Waals surface area contributed by atoms with Crippen molar-refractivity contribution in [3.63, 3.8) is 0 Å². The van der Waals surface area contributed by atoms with E-state index in [4.69, 9.17) is 5.11 Å². The van der Waals surface area contributed by atoms with E-state index in [2.05, 4.69) is 20.5 Å². The molecule has 0 spiro atoms. The Morgan fingerprint density at radius 3 is 2.85 bits per heavy atom. The van der Waals surface area contributed by atoms with Crippen molar-refractivity contribution >= 4 is 11.8 Å². The van der Waals surface area contributed by atoms with Gasteiger partial charge in [0.1, 0.15) is 5.82 Å². The number of piperidine rings is 1. The molecule has 6 nitrogen and oxygen atoms in total. The van der Waals surface area contributed by atoms with Crippen LogP contribution in [0.2, 0.25) is 0 Å². The minimum absolute atomic E-state index is 0.0538. The molecule has 0 atom stereocenters. The number of urea groups is 1. The molecule has 2 heterocycles. The van der Waals surface area contributed by atoms with Crippen LogP contribution >= 0.6 is 0 Å². The van der Waals surface area contributed by atoms with E-state index in [1.807, 2.05) is 12.1 Å². The van der Waals surface area contributed by atoms with Crippen LogP contribution < -0.4 is 15.5 Å². The molecule has 1 aliphatic heterocycles. The van der Waals surface area contributed by atoms with E-state index in [0.717, 1.165) is 24.5 Å². The molecule has 1 aromatic heterocycles. The van der Waals surface area contributed by atoms with Crippen molar-refractivity contribution < 1.29 is 9.90 Å². The van der Waals surface area contributed by atoms with Crippen LogP contribution in [-0.4, -0.2) is 42.4 Å². The van der Waals surface area contributed by atoms with Gasteiger partial charge in [-0.3, -0.25) is 0 Å². The Balaban J connectivity index is 1.87. The predicted octanol–water partition coefficient (Wildman–Crippen LogP) is 0.863. The number of amides is 2. The van der Waals surface area contributed by atoms with Gasteiger partial charge in [0.25, 0.3) is 0 Å². The van der Waals surface area contributed by atoms with Crippen molar-refractivity contribution in [3.05, 3.63) is 23.9 Å². The molecule has 0 saturated carbocycles. The molecule has 0 radical (unpaired) electrons. The Hall–Kier alpha value is -1.82. The Bertz CT molecular complexity index is 433. The van der Waals surface area contributed by atoms with Crippen molar-refractivity contribution in [3.8, 4) is 0 Å². The Labute approximate surface area is 119 Å². The lowest BCUT2D eigenvalue weighted by atomic mass is 10.1. The quantitative estimate of drug-likeness (QED) is 0.746. The highest BCUT2D eigenvalue weighted by atomic mass is 16.3. The number of carbonyl (C=O) groups is 1. The topological polar surface area (TPSA) is 77.5 Å². The first-order chi connectivity index (χ1) is 9.79. The average Bonchev–Trinajstić information content (AvgIpc) is 2.52. The van der Waals surface area contributed by atoms with Crippen LogP contribution in [0.15, 0.2) is 18.3 Å². The van der Waals surface area contributed by atoms with Gasteiger partial charge in [-0.25, -0.2) is 9.78 Å². The molecular weight excluding hydrogens is 256 g/mol. The van der Waals surface area contributed by atoms with E-state index < -0.39 is 0 Å². The van der Waals surface area contributed by atoms with E-state index in [-0.39, 0.29) is 19.2 Å². The number of hydrogen-bond acceptors (Lipinski definition) is 4. The molecule has 1 fully saturated rings. The third-order valence-electron chi connectivity index (χ3n) is 3.34. The van der Waals surface area contributed by atoms with Gasteiger partial charge in [0.05, 0.1) is 6.61 Å². The number of pyridine rings is 1. The van der Waals surface area contributed by atoms with Crippen LogP contribution in [0.5, 0.6) is 0 Å². The zero-order chi connectivity index (χ0) is 14.2. The molecule has 110 valence electrons. The maximum atomic E-state index is 11.4. The maximum Gasteiger partial charge on any atom is 0.315 e. The smallest absolute Gasteiger partial charge is 0.315 e. The monoisotopic (exact) mass is 278 g/mol. The van der Waals surface area contributed by atoms with E-state index in [1.54, 1.807) is 6.20 Å². The summed E-state index contributed by atoms with van der Waals surface area (Å²) < 4.78 is 0. The fraction of sp³-hybridized carbons (Fsp3) is 0.571. The lowest BCUT2D eigenvalue weighted by Gasteiger charge is -2.27. The lowest BCUT2D eigenvalue weighted by molar-refractivity contribution is 0.234. The van der Waals surface area contributed by atoms with Crippen LogP contribution in [0.25, 0.3) is 0 Å². The molecular formula is C14H22N4O2. The summed E-state index contributed by atoms with van der Waals surface area (Å²) in [6.45, 7) is 2.78. The largest absolute Gasteiger partial charge is 0.395 e. The molecule has 2 rings (SSSR count). The van der Waals surface area contributed by atoms with Gasteiger partial charge in [-0.15, -0.1) is 0 Å². The van der Waals surface area contributed by atoms with Gasteiger partial charge >= 0.3 is 6.03 Å². The molecule has 2 amide bonds. The van der Waals surface area contributed by atoms with Crippen molar-refractivity contribution in [1.29, 1.82) is 0 Å². The first kappa shape index (κ1) is 14.6. The normalized spacial score (nSPS) is 14.9. The lowest BCUT2D eigenvalue weighted by Crippen LogP contribution is -2.36. The molecule has 20 heavy (non-hydrogen) atoms. The summed E-state index contributed by atoms with van der Waals surface area (Å²) in [7, 11) is 0. The SMILES string of the molecule is O=C(NCCO)NCc1ccnc(N2CCCCC2)c1. The van der Waals surface area contributed by atoms with Crippen molar-refractivity contribution in [2.75, 3.05) is 31.1 Å². The molecule has 0 bridgehead atoms. The summed E-state index contributed by atoms with van der Waals surface area (Å²) in [5.74, 6) is 0.986. The predicted molar refractivity (Wildman–Crippen MR) is 77.6 cm³/mol. The Morgan fingerprint density at radius 2 is 2.10 bits per heavy atom. The van der Waals surface area contributed by atoms with Crippen molar-refractivity contribution in [2.45, 2.75) is 25.8 Å². The highest BCUT2D eigenvalue weighted by molar-refractivity contribution is 5.73. The number of anilines is 1. The number of aromatic nitrogens is 1. The standard InChI is InChI=1S/C14H22N4O2/c19-9-6-16-14(20)17-11-12-4-5-15-13(10-12)18-7-2-1-3-8-18/h4-5,10,19H,1-3,6-9,11H2,(H2,16,17,20). The molecule has 6 heteroatoms. The fourth-order valence-electron chi connectivity index (χ4n) is 2.28. The number of nitrogens with zero attached hydrogens (tertiary/aromatic N) is 2. The van der Waals surface area contributed by atoms with Crippen LogP contribution in [-0.2, 0) is 6.54 Å². The second kappa shape index (κ2) is 7.69. The fourth-order valence-corrected chi connectivity index (χ4v) is 2.28. The van der Waals surface area contributed by atoms with Crippen LogP contribution in [0, 0.1) is 0 Å². The summed E-state index contributed by atoms with van der Waals surface area (Å²) >= 11 is 0. The second-order valence-corrected chi connectivity index (χ2v) is 4.90. The third-order valence-corrected chi connectivity index (χ3v) is 3.34. The van der Waals surface area contributed by atoms with Gasteiger partial charge in [-0.1, -0.05) is 0 Å². The Morgan fingerprint density at radius 1 is 1.30 bits per heavy atom. The average molecular weight is 278 g/mol. The van der Waals surface area contributed by atoms with Gasteiger partial charge in [-0.2, -0.15) is 0 Å². The number of aliphatic hydroxyl groups excluding tert-OH is 1. The van der Waals surface area contributed by atoms with Crippen LogP contribution in [0.1, 0.15) is 24.8 Å². The molecule has 0 aliphatic carbocycles. The third kappa shape index (κ3) is 4.38. The van der Waals surface area contributed by atoms with Gasteiger partial charge in [0.2, 0.25) is 0 Å². The maximum absolute atomic E-state index is 11.4. The summed E-state index contributed by atoms with van der Waals surface area (Å²) in [4.78, 5) is 18.1. The molecule has 1 saturated heterocycles. The van der Waals surface area contributed by atoms with Crippen LogP contribution in [0.4, 0.5) is 10.6 Å². The highest BCUT2D eigenvalue weighted by Gasteiger charge is 2.12. The number of nitrogens with one attached hydrogen (secondary N) is 2. The van der Waals surface area contributed by atoms with Crippen molar-refractivity contribution in [1.82, 2.24) is 15.6 Å². The minimum Gasteiger partial charge on any atom is -0.395 e. The number of aliphatic hydroxyl groups is 1. The molecule has 1 aromatic rings. The Kier molecular flexibility index (Phi) is 5.61. The van der Waals surface area contributed by atoms with E-state index in [0.29, 0.717) is 6.54 Å². The number of rotatable bonds is 5. The minimum atomic E-state index is -0.268. The zero-order valence-electron chi connectivity index (χ0n) is 11.6. The first-order valence-electron chi connectivity index (χ1n) is 7.12. The van der Waals surface area contributed by atoms with Gasteiger partial charge < -0.3 is 20.6 Å². The van der Waals surface area contributed by atoms with Crippen LogP contribution in [0.3, 0.4) is 0 Å². The number of carbonyl (C=O) groups excluding carboxylic acids is 1. The zero-order valence-corrected chi connectivity index (χ0v) is 11.6. The first-order valence-corrected chi connectivity index (χ1v) is 7.12. The van der Waals surface area contributed by atoms with Gasteiger partial charge in [0.15, 0.2) is 0 Å². The number of hydrogen-bond donors (Lipinski definition) is 3. The molecule has 3 N–H and O–H groups in total. The van der Waals surface area contributed by atoms with Gasteiger partial charge in [-0.05, 0) is 37.0 Å². The summed E-state index contributed by atoms with van der Waals surface area (Å²) in [5.41, 5.74) is 1.03.